The summed E-state index contributed by atoms with van der Waals surface area (Å²) in [6, 6.07) is 19.9. The molecular weight excluding hydrogens is 356 g/mol. The molecule has 0 saturated carbocycles. The van der Waals surface area contributed by atoms with Crippen LogP contribution in [0.25, 0.3) is 20.2 Å². The van der Waals surface area contributed by atoms with Crippen LogP contribution in [0.5, 0.6) is 0 Å². The standard InChI is InChI=1S/C20H13ClOS2/c1-12-6-8-13(9-7-12)23-17-11-10-15-19(22)14-4-2-3-5-16(14)24-20(15)18(17)21/h2-11H,1H3. The zero-order valence-corrected chi connectivity index (χ0v) is 15.3. The second-order valence-electron chi connectivity index (χ2n) is 5.60. The Bertz CT molecular complexity index is 1110. The zero-order chi connectivity index (χ0) is 16.7. The van der Waals surface area contributed by atoms with Gasteiger partial charge in [-0.1, -0.05) is 53.2 Å². The van der Waals surface area contributed by atoms with Crippen LogP contribution in [-0.2, 0) is 0 Å². The van der Waals surface area contributed by atoms with E-state index in [0.29, 0.717) is 10.4 Å². The summed E-state index contributed by atoms with van der Waals surface area (Å²) in [5.41, 5.74) is 1.28. The van der Waals surface area contributed by atoms with Gasteiger partial charge >= 0.3 is 0 Å². The molecule has 118 valence electrons. The minimum absolute atomic E-state index is 0.0492. The van der Waals surface area contributed by atoms with Gasteiger partial charge in [-0.05, 0) is 43.3 Å². The quantitative estimate of drug-likeness (QED) is 0.374. The highest BCUT2D eigenvalue weighted by molar-refractivity contribution is 7.99. The summed E-state index contributed by atoms with van der Waals surface area (Å²) in [5.74, 6) is 0. The Morgan fingerprint density at radius 2 is 1.67 bits per heavy atom. The maximum atomic E-state index is 12.7. The Morgan fingerprint density at radius 3 is 2.46 bits per heavy atom. The smallest absolute Gasteiger partial charge is 0.195 e. The first-order valence-electron chi connectivity index (χ1n) is 7.52. The van der Waals surface area contributed by atoms with Gasteiger partial charge in [-0.25, -0.2) is 0 Å². The van der Waals surface area contributed by atoms with E-state index in [4.69, 9.17) is 11.6 Å². The van der Waals surface area contributed by atoms with Crippen LogP contribution in [0.4, 0.5) is 0 Å². The topological polar surface area (TPSA) is 17.1 Å². The number of halogens is 1. The molecule has 4 heteroatoms. The number of aryl methyl sites for hydroxylation is 1. The van der Waals surface area contributed by atoms with Gasteiger partial charge < -0.3 is 0 Å². The number of rotatable bonds is 2. The lowest BCUT2D eigenvalue weighted by Gasteiger charge is -2.08. The molecule has 0 amide bonds. The minimum atomic E-state index is 0.0492. The average Bonchev–Trinajstić information content (AvgIpc) is 2.60. The van der Waals surface area contributed by atoms with E-state index in [-0.39, 0.29) is 5.43 Å². The molecule has 0 bridgehead atoms. The van der Waals surface area contributed by atoms with E-state index in [1.54, 1.807) is 23.1 Å². The largest absolute Gasteiger partial charge is 0.289 e. The van der Waals surface area contributed by atoms with Gasteiger partial charge in [0.2, 0.25) is 0 Å². The molecule has 0 aliphatic rings. The molecular formula is C20H13ClOS2. The fourth-order valence-corrected chi connectivity index (χ4v) is 5.05. The highest BCUT2D eigenvalue weighted by atomic mass is 35.5. The fourth-order valence-electron chi connectivity index (χ4n) is 2.63. The first-order valence-corrected chi connectivity index (χ1v) is 9.53. The third kappa shape index (κ3) is 2.73. The first kappa shape index (κ1) is 15.7. The van der Waals surface area contributed by atoms with Crippen molar-refractivity contribution in [3.63, 3.8) is 0 Å². The maximum Gasteiger partial charge on any atom is 0.195 e. The molecule has 24 heavy (non-hydrogen) atoms. The average molecular weight is 369 g/mol. The number of hydrogen-bond acceptors (Lipinski definition) is 3. The molecule has 1 aromatic heterocycles. The number of fused-ring (bicyclic) bond motifs is 2. The van der Waals surface area contributed by atoms with Crippen molar-refractivity contribution in [2.24, 2.45) is 0 Å². The molecule has 0 fully saturated rings. The predicted molar refractivity (Wildman–Crippen MR) is 106 cm³/mol. The Morgan fingerprint density at radius 1 is 0.917 bits per heavy atom. The van der Waals surface area contributed by atoms with Crippen molar-refractivity contribution in [1.82, 2.24) is 0 Å². The van der Waals surface area contributed by atoms with Crippen molar-refractivity contribution in [3.05, 3.63) is 81.5 Å². The van der Waals surface area contributed by atoms with Crippen LogP contribution in [-0.4, -0.2) is 0 Å². The van der Waals surface area contributed by atoms with Crippen LogP contribution in [0.2, 0.25) is 5.02 Å². The van der Waals surface area contributed by atoms with Crippen LogP contribution < -0.4 is 5.43 Å². The van der Waals surface area contributed by atoms with E-state index in [9.17, 15) is 4.79 Å². The summed E-state index contributed by atoms with van der Waals surface area (Å²) in [5, 5.41) is 2.10. The van der Waals surface area contributed by atoms with Gasteiger partial charge in [-0.3, -0.25) is 4.79 Å². The van der Waals surface area contributed by atoms with Gasteiger partial charge in [0.25, 0.3) is 0 Å². The van der Waals surface area contributed by atoms with Crippen LogP contribution in [0.15, 0.2) is 75.2 Å². The van der Waals surface area contributed by atoms with Crippen molar-refractivity contribution in [1.29, 1.82) is 0 Å². The molecule has 3 aromatic carbocycles. The Kier molecular flexibility index (Phi) is 4.09. The van der Waals surface area contributed by atoms with E-state index < -0.39 is 0 Å². The number of hydrogen-bond donors (Lipinski definition) is 0. The first-order chi connectivity index (χ1) is 11.6. The molecule has 0 atom stereocenters. The summed E-state index contributed by atoms with van der Waals surface area (Å²) in [6.07, 6.45) is 0. The van der Waals surface area contributed by atoms with Gasteiger partial charge in [-0.2, -0.15) is 0 Å². The molecule has 0 saturated heterocycles. The van der Waals surface area contributed by atoms with Crippen LogP contribution >= 0.6 is 34.7 Å². The molecule has 0 N–H and O–H groups in total. The summed E-state index contributed by atoms with van der Waals surface area (Å²) in [7, 11) is 0. The molecule has 0 unspecified atom stereocenters. The van der Waals surface area contributed by atoms with Crippen molar-refractivity contribution in [2.75, 3.05) is 0 Å². The Hall–Kier alpha value is -1.81. The van der Waals surface area contributed by atoms with Crippen LogP contribution in [0.1, 0.15) is 5.56 Å². The van der Waals surface area contributed by atoms with E-state index in [2.05, 4.69) is 31.2 Å². The van der Waals surface area contributed by atoms with Gasteiger partial charge in [0.1, 0.15) is 0 Å². The summed E-state index contributed by atoms with van der Waals surface area (Å²) < 4.78 is 1.83. The molecule has 0 radical (unpaired) electrons. The molecule has 1 nitrogen and oxygen atoms in total. The van der Waals surface area contributed by atoms with Crippen LogP contribution in [0.3, 0.4) is 0 Å². The summed E-state index contributed by atoms with van der Waals surface area (Å²) in [6.45, 7) is 2.07. The third-order valence-corrected chi connectivity index (χ3v) is 6.79. The molecule has 1 heterocycles. The SMILES string of the molecule is Cc1ccc(Sc2ccc3c(=O)c4ccccc4sc3c2Cl)cc1. The normalized spacial score (nSPS) is 11.2. The third-order valence-electron chi connectivity index (χ3n) is 3.90. The highest BCUT2D eigenvalue weighted by Gasteiger charge is 2.12. The summed E-state index contributed by atoms with van der Waals surface area (Å²) in [4.78, 5) is 14.8. The van der Waals surface area contributed by atoms with Crippen molar-refractivity contribution < 1.29 is 0 Å². The Labute approximate surface area is 152 Å². The highest BCUT2D eigenvalue weighted by Crippen LogP contribution is 2.39. The second kappa shape index (κ2) is 6.25. The van der Waals surface area contributed by atoms with Crippen LogP contribution in [0, 0.1) is 6.92 Å². The minimum Gasteiger partial charge on any atom is -0.289 e. The lowest BCUT2D eigenvalue weighted by Crippen LogP contribution is -2.01. The number of benzene rings is 3. The molecule has 0 aliphatic carbocycles. The van der Waals surface area contributed by atoms with Gasteiger partial charge in [0.15, 0.2) is 5.43 Å². The molecule has 0 aliphatic heterocycles. The molecule has 4 aromatic rings. The van der Waals surface area contributed by atoms with Crippen molar-refractivity contribution in [2.45, 2.75) is 16.7 Å². The van der Waals surface area contributed by atoms with Gasteiger partial charge in [-0.15, -0.1) is 11.3 Å². The monoisotopic (exact) mass is 368 g/mol. The lowest BCUT2D eigenvalue weighted by atomic mass is 10.2. The maximum absolute atomic E-state index is 12.7. The second-order valence-corrected chi connectivity index (χ2v) is 8.14. The van der Waals surface area contributed by atoms with Crippen molar-refractivity contribution >= 4 is 54.9 Å². The lowest BCUT2D eigenvalue weighted by molar-refractivity contribution is 1.37. The molecule has 4 rings (SSSR count). The molecule has 0 spiro atoms. The van der Waals surface area contributed by atoms with E-state index in [0.717, 1.165) is 24.6 Å². The van der Waals surface area contributed by atoms with E-state index in [1.807, 2.05) is 36.4 Å². The van der Waals surface area contributed by atoms with Gasteiger partial charge in [0, 0.05) is 25.3 Å². The van der Waals surface area contributed by atoms with E-state index in [1.165, 1.54) is 5.56 Å². The van der Waals surface area contributed by atoms with Crippen molar-refractivity contribution in [3.8, 4) is 0 Å². The zero-order valence-electron chi connectivity index (χ0n) is 12.9. The fraction of sp³-hybridized carbons (Fsp3) is 0.0500. The van der Waals surface area contributed by atoms with Gasteiger partial charge in [0.05, 0.1) is 9.72 Å². The predicted octanol–water partition coefficient (Wildman–Crippen LogP) is 6.53. The van der Waals surface area contributed by atoms with E-state index >= 15 is 0 Å². The Balaban J connectivity index is 1.89. The summed E-state index contributed by atoms with van der Waals surface area (Å²) >= 11 is 9.84.